The fourth-order valence-electron chi connectivity index (χ4n) is 0.164. The molecule has 5 N–H and O–H groups in total. The molecule has 0 unspecified atom stereocenters. The Hall–Kier alpha value is -2.03. The maximum absolute atomic E-state index is 9.83. The number of carbonyl (C=O) groups excluding carboxylic acids is 2. The van der Waals surface area contributed by atoms with Crippen molar-refractivity contribution in [2.75, 3.05) is 0 Å². The van der Waals surface area contributed by atoms with Crippen molar-refractivity contribution in [3.05, 3.63) is 12.2 Å². The maximum atomic E-state index is 9.83. The highest BCUT2D eigenvalue weighted by Gasteiger charge is 1.83. The number of aliphatic hydroxyl groups excluding tert-OH is 1. The van der Waals surface area contributed by atoms with E-state index >= 15 is 0 Å². The summed E-state index contributed by atoms with van der Waals surface area (Å²) in [4.78, 5) is 19.7. The average Bonchev–Trinajstić information content (AvgIpc) is 1.85. The van der Waals surface area contributed by atoms with Crippen LogP contribution in [0.1, 0.15) is 0 Å². The van der Waals surface area contributed by atoms with E-state index in [0.717, 1.165) is 18.4 Å². The first-order valence-corrected chi connectivity index (χ1v) is 2.34. The Morgan fingerprint density at radius 1 is 1.27 bits per heavy atom. The lowest BCUT2D eigenvalue weighted by Crippen LogP contribution is -2.10. The first-order chi connectivity index (χ1) is 5.04. The van der Waals surface area contributed by atoms with Crippen molar-refractivity contribution in [1.29, 1.82) is 5.26 Å². The van der Waals surface area contributed by atoms with Gasteiger partial charge in [0.2, 0.25) is 11.8 Å². The number of aliphatic hydroxyl groups is 1. The molecule has 0 saturated carbocycles. The summed E-state index contributed by atoms with van der Waals surface area (Å²) < 4.78 is 0. The topological polar surface area (TPSA) is 130 Å². The molecule has 0 fully saturated rings. The third kappa shape index (κ3) is 32.2. The predicted molar refractivity (Wildman–Crippen MR) is 35.1 cm³/mol. The summed E-state index contributed by atoms with van der Waals surface area (Å²) in [5.41, 5.74) is 9.21. The van der Waals surface area contributed by atoms with Gasteiger partial charge in [-0.05, 0) is 0 Å². The van der Waals surface area contributed by atoms with Crippen molar-refractivity contribution in [3.63, 3.8) is 0 Å². The van der Waals surface area contributed by atoms with Crippen molar-refractivity contribution in [1.82, 2.24) is 0 Å². The molecule has 0 aromatic rings. The second kappa shape index (κ2) is 7.97. The number of amides is 2. The van der Waals surface area contributed by atoms with Crippen LogP contribution in [0.15, 0.2) is 12.2 Å². The SMILES string of the molecule is N#CO.NC(=O)/C=C\C(N)=O. The molecule has 0 aromatic carbocycles. The Morgan fingerprint density at radius 2 is 1.45 bits per heavy atom. The number of carbonyl (C=O) groups is 2. The lowest BCUT2D eigenvalue weighted by atomic mass is 10.5. The number of nitriles is 1. The van der Waals surface area contributed by atoms with Crippen LogP contribution < -0.4 is 11.5 Å². The third-order valence-electron chi connectivity index (χ3n) is 0.412. The van der Waals surface area contributed by atoms with Crippen LogP contribution in [-0.2, 0) is 9.59 Å². The molecule has 0 atom stereocenters. The molecule has 6 heteroatoms. The third-order valence-corrected chi connectivity index (χ3v) is 0.412. The van der Waals surface area contributed by atoms with Crippen LogP contribution in [0.4, 0.5) is 0 Å². The fraction of sp³-hybridized carbons (Fsp3) is 0. The minimum atomic E-state index is -0.677. The Morgan fingerprint density at radius 3 is 1.55 bits per heavy atom. The van der Waals surface area contributed by atoms with Crippen molar-refractivity contribution in [3.8, 4) is 6.26 Å². The van der Waals surface area contributed by atoms with Gasteiger partial charge in [0.1, 0.15) is 0 Å². The van der Waals surface area contributed by atoms with E-state index in [1.165, 1.54) is 0 Å². The summed E-state index contributed by atoms with van der Waals surface area (Å²) in [7, 11) is 0. The molecule has 60 valence electrons. The summed E-state index contributed by atoms with van der Waals surface area (Å²) in [5.74, 6) is -1.35. The minimum absolute atomic E-state index is 0.677. The molecule has 0 bridgehead atoms. The molecule has 0 aliphatic rings. The first-order valence-electron chi connectivity index (χ1n) is 2.34. The Labute approximate surface area is 62.7 Å². The maximum Gasteiger partial charge on any atom is 0.283 e. The van der Waals surface area contributed by atoms with E-state index in [0.29, 0.717) is 0 Å². The smallest absolute Gasteiger partial charge is 0.283 e. The molecule has 0 aromatic heterocycles. The molecule has 0 aliphatic heterocycles. The highest BCUT2D eigenvalue weighted by molar-refractivity contribution is 5.95. The number of primary amides is 2. The summed E-state index contributed by atoms with van der Waals surface area (Å²) in [6.07, 6.45) is 2.56. The predicted octanol–water partition coefficient (Wildman–Crippen LogP) is -1.65. The van der Waals surface area contributed by atoms with E-state index < -0.39 is 11.8 Å². The zero-order valence-electron chi connectivity index (χ0n) is 5.52. The zero-order valence-corrected chi connectivity index (χ0v) is 5.52. The molecule has 0 rings (SSSR count). The minimum Gasteiger partial charge on any atom is -0.443 e. The van der Waals surface area contributed by atoms with Gasteiger partial charge < -0.3 is 16.6 Å². The molecule has 2 amide bonds. The number of nitrogens with zero attached hydrogens (tertiary/aromatic N) is 1. The fourth-order valence-corrected chi connectivity index (χ4v) is 0.164. The largest absolute Gasteiger partial charge is 0.443 e. The van der Waals surface area contributed by atoms with E-state index in [-0.39, 0.29) is 0 Å². The van der Waals surface area contributed by atoms with Crippen molar-refractivity contribution in [2.24, 2.45) is 11.5 Å². The molecular weight excluding hydrogens is 150 g/mol. The van der Waals surface area contributed by atoms with Gasteiger partial charge in [-0.15, -0.1) is 0 Å². The molecular formula is C5H7N3O3. The van der Waals surface area contributed by atoms with E-state index in [2.05, 4.69) is 11.5 Å². The van der Waals surface area contributed by atoms with Gasteiger partial charge in [0.05, 0.1) is 0 Å². The van der Waals surface area contributed by atoms with Gasteiger partial charge in [0.15, 0.2) is 0 Å². The van der Waals surface area contributed by atoms with Crippen LogP contribution in [0.5, 0.6) is 0 Å². The lowest BCUT2D eigenvalue weighted by Gasteiger charge is -1.76. The summed E-state index contributed by atoms with van der Waals surface area (Å²) >= 11 is 0. The Kier molecular flexibility index (Phi) is 8.50. The standard InChI is InChI=1S/C4H6N2O2.CHNO/c5-3(7)1-2-4(6)8;2-1-3/h1-2H,(H2,5,7)(H2,6,8);3H/b2-1-;. The van der Waals surface area contributed by atoms with Crippen molar-refractivity contribution in [2.45, 2.75) is 0 Å². The summed E-state index contributed by atoms with van der Waals surface area (Å²) in [5, 5.41) is 13.8. The van der Waals surface area contributed by atoms with Crippen LogP contribution in [-0.4, -0.2) is 16.9 Å². The number of hydrogen-bond acceptors (Lipinski definition) is 4. The molecule has 0 saturated heterocycles. The summed E-state index contributed by atoms with van der Waals surface area (Å²) in [6, 6.07) is 0. The van der Waals surface area contributed by atoms with Crippen LogP contribution in [0.25, 0.3) is 0 Å². The molecule has 0 spiro atoms. The van der Waals surface area contributed by atoms with Gasteiger partial charge in [-0.25, -0.2) is 0 Å². The van der Waals surface area contributed by atoms with Gasteiger partial charge in [-0.1, -0.05) is 0 Å². The van der Waals surface area contributed by atoms with Crippen molar-refractivity contribution >= 4 is 11.8 Å². The lowest BCUT2D eigenvalue weighted by molar-refractivity contribution is -0.115. The number of hydrogen-bond donors (Lipinski definition) is 3. The van der Waals surface area contributed by atoms with Crippen LogP contribution in [0, 0.1) is 11.5 Å². The van der Waals surface area contributed by atoms with Gasteiger partial charge >= 0.3 is 0 Å². The average molecular weight is 157 g/mol. The molecule has 11 heavy (non-hydrogen) atoms. The van der Waals surface area contributed by atoms with Crippen LogP contribution in [0.2, 0.25) is 0 Å². The normalized spacial score (nSPS) is 7.55. The highest BCUT2D eigenvalue weighted by atomic mass is 16.2. The van der Waals surface area contributed by atoms with E-state index in [9.17, 15) is 9.59 Å². The van der Waals surface area contributed by atoms with Crippen LogP contribution in [0.3, 0.4) is 0 Å². The van der Waals surface area contributed by atoms with Gasteiger partial charge in [-0.2, -0.15) is 5.26 Å². The van der Waals surface area contributed by atoms with Gasteiger partial charge in [0.25, 0.3) is 6.26 Å². The Bertz CT molecular complexity index is 188. The molecule has 0 radical (unpaired) electrons. The van der Waals surface area contributed by atoms with Crippen LogP contribution >= 0.6 is 0 Å². The Balaban J connectivity index is 0. The van der Waals surface area contributed by atoms with Crippen molar-refractivity contribution < 1.29 is 14.7 Å². The number of rotatable bonds is 2. The number of nitrogens with two attached hydrogens (primary N) is 2. The second-order valence-electron chi connectivity index (χ2n) is 1.24. The molecule has 0 heterocycles. The monoisotopic (exact) mass is 157 g/mol. The first kappa shape index (κ1) is 11.7. The summed E-state index contributed by atoms with van der Waals surface area (Å²) in [6.45, 7) is 0. The quantitative estimate of drug-likeness (QED) is 0.327. The zero-order chi connectivity index (χ0) is 9.28. The van der Waals surface area contributed by atoms with E-state index in [4.69, 9.17) is 10.4 Å². The molecule has 6 nitrogen and oxygen atoms in total. The molecule has 0 aliphatic carbocycles. The highest BCUT2D eigenvalue weighted by Crippen LogP contribution is 1.65. The van der Waals surface area contributed by atoms with E-state index in [1.807, 2.05) is 0 Å². The van der Waals surface area contributed by atoms with Gasteiger partial charge in [0, 0.05) is 12.2 Å². The van der Waals surface area contributed by atoms with Gasteiger partial charge in [-0.3, -0.25) is 9.59 Å². The van der Waals surface area contributed by atoms with E-state index in [1.54, 1.807) is 0 Å². The second-order valence-corrected chi connectivity index (χ2v) is 1.24.